The zero-order valence-corrected chi connectivity index (χ0v) is 12.5. The fourth-order valence-electron chi connectivity index (χ4n) is 2.17. The van der Waals surface area contributed by atoms with E-state index in [9.17, 15) is 0 Å². The Kier molecular flexibility index (Phi) is 2.74. The van der Waals surface area contributed by atoms with Crippen molar-refractivity contribution in [3.63, 3.8) is 0 Å². The summed E-state index contributed by atoms with van der Waals surface area (Å²) in [7, 11) is 0. The molecule has 100 valence electrons. The van der Waals surface area contributed by atoms with Gasteiger partial charge in [0.05, 0.1) is 4.47 Å². The summed E-state index contributed by atoms with van der Waals surface area (Å²) in [4.78, 5) is 17.1. The first kappa shape index (κ1) is 11.9. The highest BCUT2D eigenvalue weighted by molar-refractivity contribution is 9.10. The molecule has 1 N–H and O–H groups in total. The van der Waals surface area contributed by atoms with Gasteiger partial charge in [-0.15, -0.1) is 0 Å². The highest BCUT2D eigenvalue weighted by atomic mass is 79.9. The molecular formula is C11H8BrN7S. The summed E-state index contributed by atoms with van der Waals surface area (Å²) in [5.74, 6) is 1.91. The van der Waals surface area contributed by atoms with Gasteiger partial charge >= 0.3 is 0 Å². The normalized spacial score (nSPS) is 14.6. The summed E-state index contributed by atoms with van der Waals surface area (Å²) in [5, 5.41) is 3.89. The van der Waals surface area contributed by atoms with Crippen molar-refractivity contribution in [3.05, 3.63) is 28.7 Å². The van der Waals surface area contributed by atoms with Gasteiger partial charge in [0.2, 0.25) is 5.13 Å². The first-order valence-electron chi connectivity index (χ1n) is 5.92. The maximum Gasteiger partial charge on any atom is 0.254 e. The van der Waals surface area contributed by atoms with Crippen LogP contribution in [0.3, 0.4) is 0 Å². The second-order valence-corrected chi connectivity index (χ2v) is 5.82. The van der Waals surface area contributed by atoms with Crippen LogP contribution in [0.25, 0.3) is 11.4 Å². The minimum absolute atomic E-state index is 0.401. The van der Waals surface area contributed by atoms with Crippen LogP contribution in [0.2, 0.25) is 0 Å². The van der Waals surface area contributed by atoms with E-state index in [1.54, 1.807) is 6.20 Å². The smallest absolute Gasteiger partial charge is 0.254 e. The molecule has 3 aliphatic rings. The van der Waals surface area contributed by atoms with E-state index >= 15 is 0 Å². The van der Waals surface area contributed by atoms with Crippen LogP contribution in [-0.2, 0) is 6.54 Å². The third-order valence-electron chi connectivity index (χ3n) is 2.99. The summed E-state index contributed by atoms with van der Waals surface area (Å²) in [6.07, 6.45) is 3.25. The molecule has 0 spiro atoms. The van der Waals surface area contributed by atoms with Gasteiger partial charge in [-0.25, -0.2) is 9.97 Å². The largest absolute Gasteiger partial charge is 0.369 e. The molecule has 0 fully saturated rings. The van der Waals surface area contributed by atoms with E-state index in [2.05, 4.69) is 50.1 Å². The number of hydrogen-bond acceptors (Lipinski definition) is 7. The van der Waals surface area contributed by atoms with Crippen molar-refractivity contribution >= 4 is 38.4 Å². The standard InChI is InChI=1S/C11H8BrN7S/c12-7-3-6-4-14-10(18-11-15-5-16-20-11)17-8(6)19-2-1-13-9(7)19/h3-5,13H,1-2H2. The number of fused-ring (bicyclic) bond motifs is 3. The van der Waals surface area contributed by atoms with Crippen LogP contribution in [0.15, 0.2) is 28.1 Å². The van der Waals surface area contributed by atoms with Crippen molar-refractivity contribution in [2.75, 3.05) is 11.9 Å². The van der Waals surface area contributed by atoms with Gasteiger partial charge in [0.25, 0.3) is 5.62 Å². The Morgan fingerprint density at radius 3 is 3.20 bits per heavy atom. The summed E-state index contributed by atoms with van der Waals surface area (Å²) in [5.41, 5.74) is 1.37. The van der Waals surface area contributed by atoms with Gasteiger partial charge in [0.1, 0.15) is 18.0 Å². The number of rotatable bonds is 1. The Bertz CT molecular complexity index is 810. The lowest BCUT2D eigenvalue weighted by molar-refractivity contribution is 0.778. The second-order valence-electron chi connectivity index (χ2n) is 4.20. The molecule has 1 aromatic rings. The fourth-order valence-corrected chi connectivity index (χ4v) is 3.18. The lowest BCUT2D eigenvalue weighted by Gasteiger charge is -2.13. The first-order valence-corrected chi connectivity index (χ1v) is 7.49. The van der Waals surface area contributed by atoms with Crippen LogP contribution < -0.4 is 10.9 Å². The molecule has 0 unspecified atom stereocenters. The van der Waals surface area contributed by atoms with Gasteiger partial charge in [-0.05, 0) is 22.0 Å². The van der Waals surface area contributed by atoms with Crippen molar-refractivity contribution in [2.45, 2.75) is 6.54 Å². The van der Waals surface area contributed by atoms with E-state index in [4.69, 9.17) is 0 Å². The Balaban J connectivity index is 1.96. The minimum atomic E-state index is 0.401. The topological polar surface area (TPSA) is 80.9 Å². The molecular weight excluding hydrogens is 342 g/mol. The molecule has 0 bridgehead atoms. The molecule has 0 atom stereocenters. The third kappa shape index (κ3) is 1.90. The van der Waals surface area contributed by atoms with Gasteiger partial charge in [0.15, 0.2) is 0 Å². The fraction of sp³-hybridized carbons (Fsp3) is 0.182. The van der Waals surface area contributed by atoms with Crippen molar-refractivity contribution < 1.29 is 0 Å². The van der Waals surface area contributed by atoms with E-state index in [0.29, 0.717) is 10.7 Å². The highest BCUT2D eigenvalue weighted by Gasteiger charge is 2.19. The van der Waals surface area contributed by atoms with Gasteiger partial charge in [-0.3, -0.25) is 0 Å². The SMILES string of the molecule is Brc1cc2cnc(=Nc3ncns3)nc-2n2c1NCC2. The lowest BCUT2D eigenvalue weighted by Crippen LogP contribution is -2.17. The first-order chi connectivity index (χ1) is 9.81. The van der Waals surface area contributed by atoms with Crippen LogP contribution >= 0.6 is 27.5 Å². The molecule has 0 aliphatic carbocycles. The number of nitrogens with zero attached hydrogens (tertiary/aromatic N) is 6. The molecule has 3 aliphatic heterocycles. The molecule has 9 heteroatoms. The average Bonchev–Trinajstić information content (AvgIpc) is 3.10. The van der Waals surface area contributed by atoms with Crippen LogP contribution in [0, 0.1) is 0 Å². The molecule has 0 radical (unpaired) electrons. The zero-order valence-electron chi connectivity index (χ0n) is 10.1. The number of pyridine rings is 1. The molecule has 0 amide bonds. The van der Waals surface area contributed by atoms with E-state index in [0.717, 1.165) is 34.8 Å². The van der Waals surface area contributed by atoms with Crippen molar-refractivity contribution in [1.29, 1.82) is 0 Å². The number of nitrogens with one attached hydrogen (secondary N) is 1. The Morgan fingerprint density at radius 1 is 1.40 bits per heavy atom. The lowest BCUT2D eigenvalue weighted by atomic mass is 10.2. The third-order valence-corrected chi connectivity index (χ3v) is 4.15. The number of hydrogen-bond donors (Lipinski definition) is 1. The molecule has 0 saturated heterocycles. The second kappa shape index (κ2) is 4.60. The number of halogens is 1. The van der Waals surface area contributed by atoms with E-state index < -0.39 is 0 Å². The molecule has 7 nitrogen and oxygen atoms in total. The number of aromatic nitrogens is 5. The van der Waals surface area contributed by atoms with Crippen LogP contribution in [0.1, 0.15) is 0 Å². The van der Waals surface area contributed by atoms with Crippen LogP contribution in [0.4, 0.5) is 10.9 Å². The maximum absolute atomic E-state index is 4.53. The summed E-state index contributed by atoms with van der Waals surface area (Å²) >= 11 is 4.77. The molecule has 4 heterocycles. The zero-order chi connectivity index (χ0) is 13.5. The summed E-state index contributed by atoms with van der Waals surface area (Å²) in [6.45, 7) is 1.77. The highest BCUT2D eigenvalue weighted by Crippen LogP contribution is 2.33. The maximum atomic E-state index is 4.53. The molecule has 20 heavy (non-hydrogen) atoms. The quantitative estimate of drug-likeness (QED) is 0.722. The van der Waals surface area contributed by atoms with Crippen molar-refractivity contribution in [1.82, 2.24) is 23.9 Å². The Morgan fingerprint density at radius 2 is 2.35 bits per heavy atom. The summed E-state index contributed by atoms with van der Waals surface area (Å²) < 4.78 is 7.05. The molecule has 0 saturated carbocycles. The predicted molar refractivity (Wildman–Crippen MR) is 78.0 cm³/mol. The predicted octanol–water partition coefficient (Wildman–Crippen LogP) is 1.65. The minimum Gasteiger partial charge on any atom is -0.369 e. The summed E-state index contributed by atoms with van der Waals surface area (Å²) in [6, 6.07) is 2.01. The van der Waals surface area contributed by atoms with E-state index in [1.807, 2.05) is 6.07 Å². The van der Waals surface area contributed by atoms with Crippen molar-refractivity contribution in [2.24, 2.45) is 4.99 Å². The van der Waals surface area contributed by atoms with Crippen LogP contribution in [0.5, 0.6) is 0 Å². The average molecular weight is 350 g/mol. The molecule has 1 aromatic heterocycles. The van der Waals surface area contributed by atoms with E-state index in [-0.39, 0.29) is 0 Å². The van der Waals surface area contributed by atoms with Gasteiger partial charge in [0, 0.05) is 36.4 Å². The Labute approximate surface area is 126 Å². The van der Waals surface area contributed by atoms with Gasteiger partial charge in [-0.1, -0.05) is 0 Å². The van der Waals surface area contributed by atoms with Gasteiger partial charge in [-0.2, -0.15) is 14.3 Å². The van der Waals surface area contributed by atoms with Crippen molar-refractivity contribution in [3.8, 4) is 11.4 Å². The monoisotopic (exact) mass is 349 g/mol. The Hall–Kier alpha value is -1.87. The molecule has 0 aromatic carbocycles. The van der Waals surface area contributed by atoms with E-state index in [1.165, 1.54) is 17.9 Å². The van der Waals surface area contributed by atoms with Gasteiger partial charge < -0.3 is 9.88 Å². The van der Waals surface area contributed by atoms with Crippen LogP contribution in [-0.4, -0.2) is 30.4 Å². The number of anilines is 1. The molecule has 4 rings (SSSR count).